The van der Waals surface area contributed by atoms with Gasteiger partial charge in [0.15, 0.2) is 0 Å². The standard InChI is InChI=1S/C14H18N2OS/c1-10-6-13(18-9-10)8-16-11(2)12-4-5-15-14(7-12)17-3/h4-7,9,11,16H,8H2,1-3H3. The molecule has 0 aromatic carbocycles. The molecule has 0 aliphatic heterocycles. The molecule has 0 bridgehead atoms. The molecule has 2 aromatic rings. The summed E-state index contributed by atoms with van der Waals surface area (Å²) >= 11 is 1.79. The van der Waals surface area contributed by atoms with Gasteiger partial charge in [-0.1, -0.05) is 0 Å². The predicted octanol–water partition coefficient (Wildman–Crippen LogP) is 3.31. The first-order valence-electron chi connectivity index (χ1n) is 5.96. The number of aryl methyl sites for hydroxylation is 1. The topological polar surface area (TPSA) is 34.1 Å². The van der Waals surface area contributed by atoms with Gasteiger partial charge in [0.2, 0.25) is 5.88 Å². The molecule has 0 saturated carbocycles. The predicted molar refractivity (Wildman–Crippen MR) is 75.1 cm³/mol. The lowest BCUT2D eigenvalue weighted by molar-refractivity contribution is 0.396. The van der Waals surface area contributed by atoms with Gasteiger partial charge in [-0.3, -0.25) is 0 Å². The van der Waals surface area contributed by atoms with Crippen LogP contribution in [-0.2, 0) is 6.54 Å². The fourth-order valence-corrected chi connectivity index (χ4v) is 2.59. The summed E-state index contributed by atoms with van der Waals surface area (Å²) in [6.07, 6.45) is 1.78. The maximum Gasteiger partial charge on any atom is 0.213 e. The summed E-state index contributed by atoms with van der Waals surface area (Å²) in [5, 5.41) is 5.68. The molecule has 18 heavy (non-hydrogen) atoms. The molecule has 2 aromatic heterocycles. The number of nitrogens with zero attached hydrogens (tertiary/aromatic N) is 1. The van der Waals surface area contributed by atoms with Crippen molar-refractivity contribution in [2.24, 2.45) is 0 Å². The second-order valence-electron chi connectivity index (χ2n) is 4.32. The lowest BCUT2D eigenvalue weighted by atomic mass is 10.1. The lowest BCUT2D eigenvalue weighted by Crippen LogP contribution is -2.17. The molecule has 1 N–H and O–H groups in total. The van der Waals surface area contributed by atoms with Crippen molar-refractivity contribution in [2.45, 2.75) is 26.4 Å². The van der Waals surface area contributed by atoms with E-state index in [4.69, 9.17) is 4.74 Å². The van der Waals surface area contributed by atoms with Crippen LogP contribution in [0.15, 0.2) is 29.8 Å². The highest BCUT2D eigenvalue weighted by molar-refractivity contribution is 7.10. The maximum absolute atomic E-state index is 5.13. The minimum absolute atomic E-state index is 0.282. The smallest absolute Gasteiger partial charge is 0.213 e. The van der Waals surface area contributed by atoms with Crippen LogP contribution >= 0.6 is 11.3 Å². The average molecular weight is 262 g/mol. The van der Waals surface area contributed by atoms with E-state index in [1.165, 1.54) is 16.0 Å². The van der Waals surface area contributed by atoms with E-state index >= 15 is 0 Å². The minimum Gasteiger partial charge on any atom is -0.481 e. The van der Waals surface area contributed by atoms with E-state index < -0.39 is 0 Å². The molecule has 0 amide bonds. The summed E-state index contributed by atoms with van der Waals surface area (Å²) in [5.41, 5.74) is 2.52. The Morgan fingerprint density at radius 3 is 2.94 bits per heavy atom. The van der Waals surface area contributed by atoms with E-state index in [0.717, 1.165) is 6.54 Å². The largest absolute Gasteiger partial charge is 0.481 e. The molecular weight excluding hydrogens is 244 g/mol. The number of aromatic nitrogens is 1. The number of rotatable bonds is 5. The van der Waals surface area contributed by atoms with Gasteiger partial charge in [0.25, 0.3) is 0 Å². The zero-order chi connectivity index (χ0) is 13.0. The zero-order valence-electron chi connectivity index (χ0n) is 10.9. The number of thiophene rings is 1. The quantitative estimate of drug-likeness (QED) is 0.897. The van der Waals surface area contributed by atoms with Crippen LogP contribution in [0.25, 0.3) is 0 Å². The van der Waals surface area contributed by atoms with E-state index in [1.54, 1.807) is 24.6 Å². The lowest BCUT2D eigenvalue weighted by Gasteiger charge is -2.14. The van der Waals surface area contributed by atoms with Gasteiger partial charge in [0.05, 0.1) is 7.11 Å². The zero-order valence-corrected chi connectivity index (χ0v) is 11.8. The molecule has 96 valence electrons. The number of hydrogen-bond acceptors (Lipinski definition) is 4. The molecule has 2 heterocycles. The summed E-state index contributed by atoms with van der Waals surface area (Å²) in [5.74, 6) is 0.660. The van der Waals surface area contributed by atoms with E-state index in [2.05, 4.69) is 35.6 Å². The van der Waals surface area contributed by atoms with Crippen LogP contribution in [0.5, 0.6) is 5.88 Å². The highest BCUT2D eigenvalue weighted by atomic mass is 32.1. The average Bonchev–Trinajstić information content (AvgIpc) is 2.82. The molecule has 0 spiro atoms. The molecule has 1 atom stereocenters. The van der Waals surface area contributed by atoms with Gasteiger partial charge in [0, 0.05) is 29.7 Å². The van der Waals surface area contributed by atoms with Gasteiger partial charge in [-0.25, -0.2) is 4.98 Å². The van der Waals surface area contributed by atoms with Gasteiger partial charge >= 0.3 is 0 Å². The fraction of sp³-hybridized carbons (Fsp3) is 0.357. The van der Waals surface area contributed by atoms with Crippen molar-refractivity contribution in [2.75, 3.05) is 7.11 Å². The highest BCUT2D eigenvalue weighted by Gasteiger charge is 2.07. The molecule has 1 unspecified atom stereocenters. The second-order valence-corrected chi connectivity index (χ2v) is 5.32. The van der Waals surface area contributed by atoms with Crippen LogP contribution in [0.1, 0.15) is 29.0 Å². The second kappa shape index (κ2) is 5.98. The molecule has 0 aliphatic carbocycles. The van der Waals surface area contributed by atoms with Crippen molar-refractivity contribution in [3.05, 3.63) is 45.8 Å². The first-order valence-corrected chi connectivity index (χ1v) is 6.84. The van der Waals surface area contributed by atoms with Crippen LogP contribution in [0.2, 0.25) is 0 Å². The van der Waals surface area contributed by atoms with Crippen molar-refractivity contribution in [3.8, 4) is 5.88 Å². The van der Waals surface area contributed by atoms with Gasteiger partial charge in [-0.05, 0) is 42.5 Å². The molecule has 0 radical (unpaired) electrons. The SMILES string of the molecule is COc1cc(C(C)NCc2cc(C)cs2)ccn1. The Morgan fingerprint density at radius 2 is 2.28 bits per heavy atom. The third-order valence-electron chi connectivity index (χ3n) is 2.84. The summed E-state index contributed by atoms with van der Waals surface area (Å²) in [6, 6.07) is 6.48. The van der Waals surface area contributed by atoms with Crippen molar-refractivity contribution >= 4 is 11.3 Å². The Bertz CT molecular complexity index is 510. The van der Waals surface area contributed by atoms with Crippen molar-refractivity contribution in [1.82, 2.24) is 10.3 Å². The van der Waals surface area contributed by atoms with Crippen molar-refractivity contribution in [1.29, 1.82) is 0 Å². The molecule has 0 aliphatic rings. The summed E-state index contributed by atoms with van der Waals surface area (Å²) in [4.78, 5) is 5.48. The Balaban J connectivity index is 1.96. The van der Waals surface area contributed by atoms with Crippen LogP contribution in [0, 0.1) is 6.92 Å². The van der Waals surface area contributed by atoms with Crippen LogP contribution in [0.3, 0.4) is 0 Å². The number of hydrogen-bond donors (Lipinski definition) is 1. The van der Waals surface area contributed by atoms with Gasteiger partial charge in [-0.2, -0.15) is 0 Å². The van der Waals surface area contributed by atoms with Crippen LogP contribution in [-0.4, -0.2) is 12.1 Å². The monoisotopic (exact) mass is 262 g/mol. The van der Waals surface area contributed by atoms with Crippen molar-refractivity contribution in [3.63, 3.8) is 0 Å². The fourth-order valence-electron chi connectivity index (χ4n) is 1.76. The molecule has 2 rings (SSSR count). The Hall–Kier alpha value is -1.39. The molecule has 0 fully saturated rings. The van der Waals surface area contributed by atoms with Gasteiger partial charge in [-0.15, -0.1) is 11.3 Å². The number of pyridine rings is 1. The van der Waals surface area contributed by atoms with E-state index in [0.29, 0.717) is 5.88 Å². The third-order valence-corrected chi connectivity index (χ3v) is 3.89. The first-order chi connectivity index (χ1) is 8.69. The number of methoxy groups -OCH3 is 1. The number of nitrogens with one attached hydrogen (secondary N) is 1. The Kier molecular flexibility index (Phi) is 4.33. The van der Waals surface area contributed by atoms with Gasteiger partial charge < -0.3 is 10.1 Å². The normalized spacial score (nSPS) is 12.4. The third kappa shape index (κ3) is 3.31. The summed E-state index contributed by atoms with van der Waals surface area (Å²) in [7, 11) is 1.64. The highest BCUT2D eigenvalue weighted by Crippen LogP contribution is 2.18. The maximum atomic E-state index is 5.13. The molecule has 4 heteroatoms. The minimum atomic E-state index is 0.282. The first kappa shape index (κ1) is 13.1. The van der Waals surface area contributed by atoms with E-state index in [1.807, 2.05) is 12.1 Å². The molecule has 0 saturated heterocycles. The van der Waals surface area contributed by atoms with Crippen LogP contribution < -0.4 is 10.1 Å². The Morgan fingerprint density at radius 1 is 1.44 bits per heavy atom. The van der Waals surface area contributed by atoms with Crippen molar-refractivity contribution < 1.29 is 4.74 Å². The summed E-state index contributed by atoms with van der Waals surface area (Å²) < 4.78 is 5.13. The van der Waals surface area contributed by atoms with Crippen LogP contribution in [0.4, 0.5) is 0 Å². The number of ether oxygens (including phenoxy) is 1. The summed E-state index contributed by atoms with van der Waals surface area (Å²) in [6.45, 7) is 5.16. The Labute approximate surface area is 112 Å². The van der Waals surface area contributed by atoms with E-state index in [9.17, 15) is 0 Å². The molecular formula is C14H18N2OS. The van der Waals surface area contributed by atoms with E-state index in [-0.39, 0.29) is 6.04 Å². The molecule has 3 nitrogen and oxygen atoms in total. The van der Waals surface area contributed by atoms with Gasteiger partial charge in [0.1, 0.15) is 0 Å².